The Morgan fingerprint density at radius 3 is 1.26 bits per heavy atom. The zero-order valence-electron chi connectivity index (χ0n) is 35.1. The lowest BCUT2D eigenvalue weighted by molar-refractivity contribution is -0.161. The maximum Gasteiger partial charge on any atom is 0.469 e. The van der Waals surface area contributed by atoms with E-state index in [9.17, 15) is 14.2 Å². The molecule has 0 saturated carbocycles. The summed E-state index contributed by atoms with van der Waals surface area (Å²) < 4.78 is 26.5. The quantitative estimate of drug-likeness (QED) is 0.0272. The maximum atomic E-state index is 12.4. The van der Waals surface area contributed by atoms with Crippen molar-refractivity contribution in [1.29, 1.82) is 0 Å². The Hall–Kier alpha value is -1.47. The van der Waals surface area contributed by atoms with E-state index in [-0.39, 0.29) is 19.4 Å². The molecular weight excluding hydrogens is 699 g/mol. The minimum Gasteiger partial charge on any atom is -0.462 e. The van der Waals surface area contributed by atoms with Gasteiger partial charge in [-0.25, -0.2) is 4.57 Å². The van der Waals surface area contributed by atoms with Gasteiger partial charge in [-0.2, -0.15) is 0 Å². The summed E-state index contributed by atoms with van der Waals surface area (Å²) in [6, 6.07) is 0. The van der Waals surface area contributed by atoms with E-state index in [0.717, 1.165) is 51.4 Å². The van der Waals surface area contributed by atoms with Crippen LogP contribution in [0.15, 0.2) is 24.3 Å². The average Bonchev–Trinajstić information content (AvgIpc) is 3.14. The number of ether oxygens (including phenoxy) is 2. The highest BCUT2D eigenvalue weighted by molar-refractivity contribution is 7.46. The number of carbonyl (C=O) groups is 2. The Morgan fingerprint density at radius 1 is 0.481 bits per heavy atom. The molecule has 0 aliphatic rings. The van der Waals surface area contributed by atoms with Gasteiger partial charge in [-0.15, -0.1) is 0 Å². The predicted molar refractivity (Wildman–Crippen MR) is 225 cm³/mol. The summed E-state index contributed by atoms with van der Waals surface area (Å²) in [6.07, 6.45) is 47.5. The van der Waals surface area contributed by atoms with Crippen LogP contribution in [-0.4, -0.2) is 41.0 Å². The van der Waals surface area contributed by atoms with Crippen molar-refractivity contribution in [3.05, 3.63) is 24.3 Å². The van der Waals surface area contributed by atoms with Crippen LogP contribution in [0, 0.1) is 0 Å². The molecule has 0 rings (SSSR count). The topological polar surface area (TPSA) is 119 Å². The number of unbranched alkanes of at least 4 members (excludes halogenated alkanes) is 28. The van der Waals surface area contributed by atoms with E-state index in [1.54, 1.807) is 0 Å². The number of phosphoric ester groups is 1. The fourth-order valence-corrected chi connectivity index (χ4v) is 6.94. The van der Waals surface area contributed by atoms with Gasteiger partial charge in [0.15, 0.2) is 6.10 Å². The molecule has 1 atom stereocenters. The van der Waals surface area contributed by atoms with Crippen LogP contribution in [0.4, 0.5) is 0 Å². The van der Waals surface area contributed by atoms with Gasteiger partial charge in [0.05, 0.1) is 6.61 Å². The first kappa shape index (κ1) is 52.5. The molecule has 2 N–H and O–H groups in total. The number of carbonyl (C=O) groups excluding carboxylic acids is 2. The molecule has 9 heteroatoms. The Labute approximate surface area is 332 Å². The van der Waals surface area contributed by atoms with Crippen LogP contribution in [0.1, 0.15) is 232 Å². The Bertz CT molecular complexity index is 931. The van der Waals surface area contributed by atoms with E-state index in [1.807, 2.05) is 0 Å². The molecule has 8 nitrogen and oxygen atoms in total. The molecule has 0 saturated heterocycles. The first-order valence-electron chi connectivity index (χ1n) is 22.6. The summed E-state index contributed by atoms with van der Waals surface area (Å²) in [4.78, 5) is 42.9. The van der Waals surface area contributed by atoms with Crippen LogP contribution in [0.3, 0.4) is 0 Å². The maximum absolute atomic E-state index is 12.4. The van der Waals surface area contributed by atoms with E-state index in [1.165, 1.54) is 148 Å². The minimum atomic E-state index is -4.75. The van der Waals surface area contributed by atoms with Crippen LogP contribution in [0.5, 0.6) is 0 Å². The van der Waals surface area contributed by atoms with Gasteiger partial charge >= 0.3 is 19.8 Å². The van der Waals surface area contributed by atoms with E-state index >= 15 is 0 Å². The van der Waals surface area contributed by atoms with Gasteiger partial charge in [0.1, 0.15) is 6.61 Å². The molecule has 0 unspecified atom stereocenters. The molecule has 0 aromatic rings. The zero-order valence-corrected chi connectivity index (χ0v) is 36.0. The third-order valence-corrected chi connectivity index (χ3v) is 10.5. The molecule has 0 aliphatic carbocycles. The fraction of sp³-hybridized carbons (Fsp3) is 0.867. The molecule has 0 aromatic carbocycles. The molecule has 54 heavy (non-hydrogen) atoms. The summed E-state index contributed by atoms with van der Waals surface area (Å²) in [5, 5.41) is 0. The monoisotopic (exact) mass is 785 g/mol. The summed E-state index contributed by atoms with van der Waals surface area (Å²) in [7, 11) is -4.75. The number of allylic oxidation sites excluding steroid dienone is 4. The van der Waals surface area contributed by atoms with Gasteiger partial charge in [0.25, 0.3) is 0 Å². The molecule has 318 valence electrons. The Balaban J connectivity index is 3.85. The second-order valence-corrected chi connectivity index (χ2v) is 16.6. The summed E-state index contributed by atoms with van der Waals surface area (Å²) in [6.45, 7) is 3.69. The Morgan fingerprint density at radius 2 is 0.833 bits per heavy atom. The van der Waals surface area contributed by atoms with Crippen LogP contribution in [-0.2, 0) is 28.2 Å². The second-order valence-electron chi connectivity index (χ2n) is 15.4. The molecule has 0 spiro atoms. The minimum absolute atomic E-state index is 0.216. The van der Waals surface area contributed by atoms with Crippen molar-refractivity contribution in [3.8, 4) is 0 Å². The van der Waals surface area contributed by atoms with Gasteiger partial charge in [-0.05, 0) is 44.9 Å². The number of esters is 2. The number of phosphoric acid groups is 1. The molecule has 0 heterocycles. The molecule has 0 fully saturated rings. The smallest absolute Gasteiger partial charge is 0.462 e. The SMILES string of the molecule is CCCCC/C=C/C/C=C/CCCCCCCCCCCC(=O)OC[C@H](COP(=O)(O)O)OC(=O)CCCCCCCCCCCCCCCCCCC. The van der Waals surface area contributed by atoms with Crippen LogP contribution < -0.4 is 0 Å². The highest BCUT2D eigenvalue weighted by atomic mass is 31.2. The fourth-order valence-electron chi connectivity index (χ4n) is 6.58. The number of rotatable bonds is 42. The van der Waals surface area contributed by atoms with Gasteiger partial charge in [0.2, 0.25) is 0 Å². The predicted octanol–water partition coefficient (Wildman–Crippen LogP) is 14.0. The lowest BCUT2D eigenvalue weighted by atomic mass is 10.0. The van der Waals surface area contributed by atoms with Crippen LogP contribution in [0.25, 0.3) is 0 Å². The summed E-state index contributed by atoms with van der Waals surface area (Å²) >= 11 is 0. The van der Waals surface area contributed by atoms with Crippen molar-refractivity contribution in [2.24, 2.45) is 0 Å². The molecule has 0 aromatic heterocycles. The van der Waals surface area contributed by atoms with Crippen LogP contribution >= 0.6 is 7.82 Å². The van der Waals surface area contributed by atoms with Gasteiger partial charge in [-0.1, -0.05) is 199 Å². The van der Waals surface area contributed by atoms with E-state index < -0.39 is 32.5 Å². The highest BCUT2D eigenvalue weighted by Crippen LogP contribution is 2.36. The van der Waals surface area contributed by atoms with E-state index in [4.69, 9.17) is 19.3 Å². The van der Waals surface area contributed by atoms with Gasteiger partial charge in [0, 0.05) is 12.8 Å². The van der Waals surface area contributed by atoms with Crippen molar-refractivity contribution in [1.82, 2.24) is 0 Å². The lowest BCUT2D eigenvalue weighted by Crippen LogP contribution is -2.29. The summed E-state index contributed by atoms with van der Waals surface area (Å²) in [5.41, 5.74) is 0. The molecular formula is C45H85O8P. The second kappa shape index (κ2) is 41.2. The first-order valence-corrected chi connectivity index (χ1v) is 24.2. The third kappa shape index (κ3) is 43.3. The molecule has 0 aliphatic heterocycles. The van der Waals surface area contributed by atoms with Gasteiger partial charge in [-0.3, -0.25) is 14.1 Å². The highest BCUT2D eigenvalue weighted by Gasteiger charge is 2.23. The average molecular weight is 785 g/mol. The van der Waals surface area contributed by atoms with Gasteiger partial charge < -0.3 is 19.3 Å². The summed E-state index contributed by atoms with van der Waals surface area (Å²) in [5.74, 6) is -0.878. The first-order chi connectivity index (χ1) is 26.3. The standard InChI is InChI=1S/C45H85O8P/c1-3-5-7-9-11-13-15-17-19-21-22-24-25-27-29-31-33-35-37-39-44(46)51-41-43(42-52-54(48,49)50)53-45(47)40-38-36-34-32-30-28-26-23-20-18-16-14-12-10-8-6-4-2/h11,13,17,19,43H,3-10,12,14-16,18,20-42H2,1-2H3,(H2,48,49,50)/b13-11+,19-17+/t43-/m1/s1. The lowest BCUT2D eigenvalue weighted by Gasteiger charge is -2.18. The third-order valence-electron chi connectivity index (χ3n) is 9.97. The van der Waals surface area contributed by atoms with Crippen molar-refractivity contribution in [2.75, 3.05) is 13.2 Å². The van der Waals surface area contributed by atoms with Crippen molar-refractivity contribution < 1.29 is 37.9 Å². The number of hydrogen-bond donors (Lipinski definition) is 2. The van der Waals surface area contributed by atoms with Crippen LogP contribution in [0.2, 0.25) is 0 Å². The number of hydrogen-bond acceptors (Lipinski definition) is 6. The van der Waals surface area contributed by atoms with Crippen molar-refractivity contribution in [3.63, 3.8) is 0 Å². The molecule has 0 bridgehead atoms. The van der Waals surface area contributed by atoms with E-state index in [2.05, 4.69) is 42.7 Å². The zero-order chi connectivity index (χ0) is 39.6. The largest absolute Gasteiger partial charge is 0.469 e. The van der Waals surface area contributed by atoms with E-state index in [0.29, 0.717) is 6.42 Å². The van der Waals surface area contributed by atoms with Crippen molar-refractivity contribution >= 4 is 19.8 Å². The molecule has 0 radical (unpaired) electrons. The van der Waals surface area contributed by atoms with Crippen molar-refractivity contribution in [2.45, 2.75) is 238 Å². The normalized spacial score (nSPS) is 12.6. The molecule has 0 amide bonds. The Kier molecular flexibility index (Phi) is 40.1.